The van der Waals surface area contributed by atoms with E-state index in [1.165, 1.54) is 0 Å². The monoisotopic (exact) mass is 98.1 g/mol. The molecule has 42 valence electrons. The smallest absolute Gasteiger partial charge is 0.0290 e. The molecule has 0 heteroatoms. The van der Waals surface area contributed by atoms with E-state index in [1.807, 2.05) is 0 Å². The van der Waals surface area contributed by atoms with Gasteiger partial charge in [-0.25, -0.2) is 0 Å². The summed E-state index contributed by atoms with van der Waals surface area (Å²) in [5.74, 6) is 0.722. The molecule has 0 unspecified atom stereocenters. The van der Waals surface area contributed by atoms with Crippen molar-refractivity contribution in [3.05, 3.63) is 12.2 Å². The van der Waals surface area contributed by atoms with E-state index < -0.39 is 0 Å². The van der Waals surface area contributed by atoms with Crippen LogP contribution in [0.1, 0.15) is 27.2 Å². The Kier molecular flexibility index (Phi) is 3.77. The Bertz CT molecular complexity index is 51.1. The van der Waals surface area contributed by atoms with Crippen LogP contribution in [0.5, 0.6) is 0 Å². The number of allylic oxidation sites excluding steroid dienone is 2. The summed E-state index contributed by atoms with van der Waals surface area (Å²) in [5, 5.41) is 0. The van der Waals surface area contributed by atoms with Gasteiger partial charge in [0.1, 0.15) is 0 Å². The van der Waals surface area contributed by atoms with E-state index in [2.05, 4.69) is 32.9 Å². The predicted octanol–water partition coefficient (Wildman–Crippen LogP) is 2.61. The molecule has 0 spiro atoms. The first-order valence-electron chi connectivity index (χ1n) is 2.94. The van der Waals surface area contributed by atoms with Crippen LogP contribution in [0, 0.1) is 5.92 Å². The van der Waals surface area contributed by atoms with E-state index in [0.29, 0.717) is 0 Å². The summed E-state index contributed by atoms with van der Waals surface area (Å²) in [6.45, 7) is 6.52. The highest BCUT2D eigenvalue weighted by Crippen LogP contribution is 1.93. The fourth-order valence-corrected chi connectivity index (χ4v) is 0.408. The lowest BCUT2D eigenvalue weighted by atomic mass is 10.2. The Morgan fingerprint density at radius 1 is 1.43 bits per heavy atom. The van der Waals surface area contributed by atoms with Crippen molar-refractivity contribution in [2.45, 2.75) is 27.2 Å². The number of hydrogen-bond acceptors (Lipinski definition) is 0. The second kappa shape index (κ2) is 3.91. The second-order valence-corrected chi connectivity index (χ2v) is 2.08. The molecule has 0 aliphatic heterocycles. The normalized spacial score (nSPS) is 11.4. The highest BCUT2D eigenvalue weighted by molar-refractivity contribution is 4.82. The van der Waals surface area contributed by atoms with Gasteiger partial charge in [-0.1, -0.05) is 32.9 Å². The largest absolute Gasteiger partial charge is 0.0886 e. The Labute approximate surface area is 46.2 Å². The SMILES string of the molecule is CCC=CC(C)C. The van der Waals surface area contributed by atoms with Crippen LogP contribution in [0.4, 0.5) is 0 Å². The lowest BCUT2D eigenvalue weighted by Gasteiger charge is -1.88. The Hall–Kier alpha value is -0.260. The van der Waals surface area contributed by atoms with Gasteiger partial charge in [-0.15, -0.1) is 0 Å². The zero-order valence-electron chi connectivity index (χ0n) is 5.44. The molecule has 0 saturated heterocycles. The molecule has 0 fully saturated rings. The minimum Gasteiger partial charge on any atom is -0.0886 e. The maximum absolute atomic E-state index is 2.22. The van der Waals surface area contributed by atoms with Crippen LogP contribution >= 0.6 is 0 Å². The maximum atomic E-state index is 2.22. The molecule has 0 atom stereocenters. The summed E-state index contributed by atoms with van der Waals surface area (Å²) in [4.78, 5) is 0. The molecule has 7 heavy (non-hydrogen) atoms. The third kappa shape index (κ3) is 5.74. The standard InChI is InChI=1S/C7H14/c1-4-5-6-7(2)3/h5-7H,4H2,1-3H3. The van der Waals surface area contributed by atoms with Crippen LogP contribution in [-0.4, -0.2) is 0 Å². The minimum atomic E-state index is 0.722. The summed E-state index contributed by atoms with van der Waals surface area (Å²) in [6, 6.07) is 0. The molecule has 0 nitrogen and oxygen atoms in total. The lowest BCUT2D eigenvalue weighted by Crippen LogP contribution is -1.74. The van der Waals surface area contributed by atoms with E-state index in [1.54, 1.807) is 0 Å². The molecular formula is C7H14. The van der Waals surface area contributed by atoms with Crippen molar-refractivity contribution in [1.82, 2.24) is 0 Å². The highest BCUT2D eigenvalue weighted by Gasteiger charge is 1.78. The van der Waals surface area contributed by atoms with Crippen molar-refractivity contribution in [2.75, 3.05) is 0 Å². The first kappa shape index (κ1) is 6.74. The van der Waals surface area contributed by atoms with Crippen molar-refractivity contribution in [3.8, 4) is 0 Å². The quantitative estimate of drug-likeness (QED) is 0.466. The third-order valence-corrected chi connectivity index (χ3v) is 0.757. The van der Waals surface area contributed by atoms with Crippen LogP contribution < -0.4 is 0 Å². The van der Waals surface area contributed by atoms with Crippen LogP contribution in [0.2, 0.25) is 0 Å². The first-order valence-corrected chi connectivity index (χ1v) is 2.94. The van der Waals surface area contributed by atoms with Crippen LogP contribution in [-0.2, 0) is 0 Å². The van der Waals surface area contributed by atoms with E-state index in [4.69, 9.17) is 0 Å². The molecule has 0 rings (SSSR count). The maximum Gasteiger partial charge on any atom is -0.0290 e. The minimum absolute atomic E-state index is 0.722. The van der Waals surface area contributed by atoms with Gasteiger partial charge in [-0.2, -0.15) is 0 Å². The second-order valence-electron chi connectivity index (χ2n) is 2.08. The van der Waals surface area contributed by atoms with Crippen molar-refractivity contribution >= 4 is 0 Å². The molecular weight excluding hydrogens is 84.1 g/mol. The topological polar surface area (TPSA) is 0 Å². The van der Waals surface area contributed by atoms with Crippen molar-refractivity contribution in [3.63, 3.8) is 0 Å². The Morgan fingerprint density at radius 2 is 2.00 bits per heavy atom. The predicted molar refractivity (Wildman–Crippen MR) is 34.3 cm³/mol. The summed E-state index contributed by atoms with van der Waals surface area (Å²) < 4.78 is 0. The summed E-state index contributed by atoms with van der Waals surface area (Å²) in [5.41, 5.74) is 0. The van der Waals surface area contributed by atoms with Gasteiger partial charge in [0.05, 0.1) is 0 Å². The lowest BCUT2D eigenvalue weighted by molar-refractivity contribution is 0.826. The Balaban J connectivity index is 3.08. The highest BCUT2D eigenvalue weighted by atomic mass is 13.8. The van der Waals surface area contributed by atoms with Gasteiger partial charge in [0.2, 0.25) is 0 Å². The molecule has 0 N–H and O–H groups in total. The van der Waals surface area contributed by atoms with Crippen molar-refractivity contribution in [1.29, 1.82) is 0 Å². The first-order chi connectivity index (χ1) is 3.27. The molecule has 0 aromatic heterocycles. The molecule has 0 aliphatic rings. The van der Waals surface area contributed by atoms with Gasteiger partial charge in [0, 0.05) is 0 Å². The molecule has 0 aromatic rings. The number of hydrogen-bond donors (Lipinski definition) is 0. The van der Waals surface area contributed by atoms with Gasteiger partial charge in [0.25, 0.3) is 0 Å². The van der Waals surface area contributed by atoms with E-state index in [9.17, 15) is 0 Å². The fraction of sp³-hybridized carbons (Fsp3) is 0.714. The van der Waals surface area contributed by atoms with Gasteiger partial charge < -0.3 is 0 Å². The molecule has 0 aromatic carbocycles. The van der Waals surface area contributed by atoms with Crippen molar-refractivity contribution in [2.24, 2.45) is 5.92 Å². The molecule has 0 amide bonds. The zero-order chi connectivity index (χ0) is 5.70. The summed E-state index contributed by atoms with van der Waals surface area (Å²) in [6.07, 6.45) is 5.59. The van der Waals surface area contributed by atoms with Crippen LogP contribution in [0.3, 0.4) is 0 Å². The summed E-state index contributed by atoms with van der Waals surface area (Å²) >= 11 is 0. The molecule has 0 aliphatic carbocycles. The van der Waals surface area contributed by atoms with Crippen LogP contribution in [0.15, 0.2) is 12.2 Å². The summed E-state index contributed by atoms with van der Waals surface area (Å²) in [7, 11) is 0. The van der Waals surface area contributed by atoms with Crippen LogP contribution in [0.25, 0.3) is 0 Å². The molecule has 0 saturated carbocycles. The average Bonchev–Trinajstić information content (AvgIpc) is 1.61. The van der Waals surface area contributed by atoms with E-state index >= 15 is 0 Å². The van der Waals surface area contributed by atoms with Gasteiger partial charge >= 0.3 is 0 Å². The van der Waals surface area contributed by atoms with Gasteiger partial charge in [-0.05, 0) is 12.3 Å². The number of rotatable bonds is 2. The van der Waals surface area contributed by atoms with Crippen molar-refractivity contribution < 1.29 is 0 Å². The van der Waals surface area contributed by atoms with Gasteiger partial charge in [0.15, 0.2) is 0 Å². The molecule has 0 heterocycles. The van der Waals surface area contributed by atoms with E-state index in [0.717, 1.165) is 12.3 Å². The molecule has 0 bridgehead atoms. The fourth-order valence-electron chi connectivity index (χ4n) is 0.408. The zero-order valence-corrected chi connectivity index (χ0v) is 5.44. The molecule has 0 radical (unpaired) electrons. The van der Waals surface area contributed by atoms with Gasteiger partial charge in [-0.3, -0.25) is 0 Å². The average molecular weight is 98.2 g/mol. The van der Waals surface area contributed by atoms with E-state index in [-0.39, 0.29) is 0 Å². The third-order valence-electron chi connectivity index (χ3n) is 0.757. The Morgan fingerprint density at radius 3 is 2.14 bits per heavy atom.